The molecule has 2 heteroatoms. The Labute approximate surface area is 184 Å². The zero-order valence-corrected chi connectivity index (χ0v) is 18.4. The highest BCUT2D eigenvalue weighted by Gasteiger charge is 2.35. The average Bonchev–Trinajstić information content (AvgIpc) is 2.81. The zero-order valence-electron chi connectivity index (χ0n) is 18.4. The topological polar surface area (TPSA) is 20.5 Å². The molecule has 156 valence electrons. The molecule has 5 rings (SSSR count). The second-order valence-corrected chi connectivity index (χ2v) is 8.57. The lowest BCUT2D eigenvalue weighted by Gasteiger charge is -2.19. The van der Waals surface area contributed by atoms with Crippen LogP contribution in [0.4, 0.5) is 0 Å². The fourth-order valence-corrected chi connectivity index (χ4v) is 4.93. The molecule has 0 saturated carbocycles. The minimum atomic E-state index is 0.886. The Hall–Kier alpha value is -3.13. The van der Waals surface area contributed by atoms with Gasteiger partial charge in [-0.05, 0) is 86.4 Å². The number of rotatable bonds is 3. The van der Waals surface area contributed by atoms with E-state index in [9.17, 15) is 0 Å². The molecule has 3 aromatic rings. The Bertz CT molecular complexity index is 1150. The van der Waals surface area contributed by atoms with Crippen LogP contribution in [0.1, 0.15) is 65.0 Å². The number of hydrogen-bond acceptors (Lipinski definition) is 1. The summed E-state index contributed by atoms with van der Waals surface area (Å²) < 4.78 is 12.1. The minimum Gasteiger partial charge on any atom is -0.497 e. The Morgan fingerprint density at radius 1 is 0.710 bits per heavy atom. The molecule has 0 bridgehead atoms. The summed E-state index contributed by atoms with van der Waals surface area (Å²) in [6.07, 6.45) is 11.3. The van der Waals surface area contributed by atoms with Gasteiger partial charge in [-0.25, -0.2) is 4.42 Å². The molecule has 0 amide bonds. The zero-order chi connectivity index (χ0) is 21.2. The number of ether oxygens (including phenoxy) is 1. The van der Waals surface area contributed by atoms with E-state index in [0.29, 0.717) is 0 Å². The van der Waals surface area contributed by atoms with E-state index in [1.165, 1.54) is 51.8 Å². The third-order valence-electron chi connectivity index (χ3n) is 6.58. The standard InChI is InChI=1S/C29H29O2/c1-20-26-12-6-10-23(18-21-8-4-3-5-9-21)28(26)31-29-24(11-7-13-27(20)29)19-22-14-16-25(30-2)17-15-22/h3-5,8-9,14-19H,6-7,10-13H2,1-2H3/q+1/b23-18+,24-19+. The highest BCUT2D eigenvalue weighted by molar-refractivity contribution is 5.85. The summed E-state index contributed by atoms with van der Waals surface area (Å²) >= 11 is 0. The van der Waals surface area contributed by atoms with E-state index in [1.807, 2.05) is 12.1 Å². The number of hydrogen-bond donors (Lipinski definition) is 0. The van der Waals surface area contributed by atoms with Gasteiger partial charge < -0.3 is 4.74 Å². The minimum absolute atomic E-state index is 0.886. The van der Waals surface area contributed by atoms with Gasteiger partial charge in [-0.3, -0.25) is 0 Å². The van der Waals surface area contributed by atoms with Crippen molar-refractivity contribution >= 4 is 23.3 Å². The second kappa shape index (κ2) is 8.55. The molecule has 0 aliphatic heterocycles. The predicted octanol–water partition coefficient (Wildman–Crippen LogP) is 7.63. The molecule has 0 N–H and O–H groups in total. The van der Waals surface area contributed by atoms with Crippen molar-refractivity contribution in [2.24, 2.45) is 0 Å². The van der Waals surface area contributed by atoms with Crippen LogP contribution < -0.4 is 4.74 Å². The molecule has 0 radical (unpaired) electrons. The van der Waals surface area contributed by atoms with E-state index in [0.717, 1.165) is 43.0 Å². The van der Waals surface area contributed by atoms with Crippen molar-refractivity contribution in [3.63, 3.8) is 0 Å². The van der Waals surface area contributed by atoms with Gasteiger partial charge in [-0.2, -0.15) is 0 Å². The van der Waals surface area contributed by atoms with E-state index in [1.54, 1.807) is 7.11 Å². The SMILES string of the molecule is COc1ccc(/C=C2\CCCc3c2[o+]c2c(c3C)CCC/C2=C\c2ccccc2)cc1. The fourth-order valence-electron chi connectivity index (χ4n) is 4.93. The monoisotopic (exact) mass is 409 g/mol. The van der Waals surface area contributed by atoms with Crippen LogP contribution in [0.5, 0.6) is 5.75 Å². The van der Waals surface area contributed by atoms with E-state index in [-0.39, 0.29) is 0 Å². The molecule has 0 spiro atoms. The van der Waals surface area contributed by atoms with Gasteiger partial charge in [0, 0.05) is 0 Å². The Kier molecular flexibility index (Phi) is 5.46. The number of methoxy groups -OCH3 is 1. The summed E-state index contributed by atoms with van der Waals surface area (Å²) in [6, 6.07) is 18.9. The largest absolute Gasteiger partial charge is 0.497 e. The summed E-state index contributed by atoms with van der Waals surface area (Å²) in [5, 5.41) is 0. The van der Waals surface area contributed by atoms with Crippen molar-refractivity contribution in [3.05, 3.63) is 93.9 Å². The maximum atomic E-state index is 6.76. The van der Waals surface area contributed by atoms with Gasteiger partial charge in [-0.15, -0.1) is 0 Å². The second-order valence-electron chi connectivity index (χ2n) is 8.57. The van der Waals surface area contributed by atoms with E-state index in [2.05, 4.69) is 61.5 Å². The van der Waals surface area contributed by atoms with Crippen LogP contribution in [0.2, 0.25) is 0 Å². The van der Waals surface area contributed by atoms with Crippen LogP contribution in [0.15, 0.2) is 59.0 Å². The van der Waals surface area contributed by atoms with Gasteiger partial charge >= 0.3 is 11.5 Å². The lowest BCUT2D eigenvalue weighted by atomic mass is 9.82. The smallest absolute Gasteiger partial charge is 0.360 e. The van der Waals surface area contributed by atoms with Gasteiger partial charge in [-0.1, -0.05) is 42.5 Å². The van der Waals surface area contributed by atoms with Gasteiger partial charge in [0.1, 0.15) is 5.75 Å². The van der Waals surface area contributed by atoms with Crippen LogP contribution in [0.3, 0.4) is 0 Å². The van der Waals surface area contributed by atoms with Crippen LogP contribution >= 0.6 is 0 Å². The maximum Gasteiger partial charge on any atom is 0.360 e. The first-order chi connectivity index (χ1) is 15.2. The molecule has 2 aromatic carbocycles. The van der Waals surface area contributed by atoms with E-state index in [4.69, 9.17) is 9.15 Å². The van der Waals surface area contributed by atoms with Crippen molar-refractivity contribution in [1.82, 2.24) is 0 Å². The Morgan fingerprint density at radius 3 is 1.81 bits per heavy atom. The third-order valence-corrected chi connectivity index (χ3v) is 6.58. The summed E-state index contributed by atoms with van der Waals surface area (Å²) in [5.41, 5.74) is 9.33. The van der Waals surface area contributed by atoms with Crippen LogP contribution in [-0.4, -0.2) is 7.11 Å². The molecule has 1 aromatic heterocycles. The predicted molar refractivity (Wildman–Crippen MR) is 129 cm³/mol. The van der Waals surface area contributed by atoms with Crippen LogP contribution in [0, 0.1) is 6.92 Å². The first-order valence-corrected chi connectivity index (χ1v) is 11.3. The molecule has 31 heavy (non-hydrogen) atoms. The van der Waals surface area contributed by atoms with Crippen molar-refractivity contribution in [2.45, 2.75) is 45.4 Å². The molecule has 0 atom stereocenters. The molecule has 2 aliphatic rings. The van der Waals surface area contributed by atoms with E-state index >= 15 is 0 Å². The molecule has 1 heterocycles. The number of allylic oxidation sites excluding steroid dienone is 2. The molecule has 0 unspecified atom stereocenters. The van der Waals surface area contributed by atoms with E-state index < -0.39 is 0 Å². The molecule has 0 saturated heterocycles. The number of benzene rings is 2. The third kappa shape index (κ3) is 3.95. The van der Waals surface area contributed by atoms with Crippen molar-refractivity contribution in [1.29, 1.82) is 0 Å². The first-order valence-electron chi connectivity index (χ1n) is 11.3. The van der Waals surface area contributed by atoms with Gasteiger partial charge in [0.2, 0.25) is 0 Å². The fraction of sp³-hybridized carbons (Fsp3) is 0.276. The maximum absolute atomic E-state index is 6.76. The summed E-state index contributed by atoms with van der Waals surface area (Å²) in [7, 11) is 1.70. The summed E-state index contributed by atoms with van der Waals surface area (Å²) in [5.74, 6) is 3.09. The molecular weight excluding hydrogens is 380 g/mol. The first kappa shape index (κ1) is 19.8. The lowest BCUT2D eigenvalue weighted by molar-refractivity contribution is 0.415. The summed E-state index contributed by atoms with van der Waals surface area (Å²) in [4.78, 5) is 0. The van der Waals surface area contributed by atoms with Crippen molar-refractivity contribution in [3.8, 4) is 5.75 Å². The quantitative estimate of drug-likeness (QED) is 0.414. The van der Waals surface area contributed by atoms with Gasteiger partial charge in [0.25, 0.3) is 0 Å². The highest BCUT2D eigenvalue weighted by Crippen LogP contribution is 2.42. The Balaban J connectivity index is 1.61. The molecule has 2 nitrogen and oxygen atoms in total. The van der Waals surface area contributed by atoms with Crippen molar-refractivity contribution in [2.75, 3.05) is 7.11 Å². The van der Waals surface area contributed by atoms with Crippen LogP contribution in [-0.2, 0) is 12.8 Å². The number of fused-ring (bicyclic) bond motifs is 2. The normalized spacial score (nSPS) is 18.0. The molecular formula is C29H29O2+. The lowest BCUT2D eigenvalue weighted by Crippen LogP contribution is -2.12. The molecule has 0 fully saturated rings. The Morgan fingerprint density at radius 2 is 1.26 bits per heavy atom. The van der Waals surface area contributed by atoms with Gasteiger partial charge in [0.05, 0.1) is 29.4 Å². The summed E-state index contributed by atoms with van der Waals surface area (Å²) in [6.45, 7) is 2.30. The van der Waals surface area contributed by atoms with Crippen LogP contribution in [0.25, 0.3) is 23.3 Å². The van der Waals surface area contributed by atoms with Crippen molar-refractivity contribution < 1.29 is 9.15 Å². The average molecular weight is 410 g/mol. The highest BCUT2D eigenvalue weighted by atomic mass is 16.5. The molecule has 2 aliphatic carbocycles. The van der Waals surface area contributed by atoms with Gasteiger partial charge in [0.15, 0.2) is 0 Å².